The fourth-order valence-corrected chi connectivity index (χ4v) is 4.28. The molecule has 0 saturated heterocycles. The minimum Gasteiger partial charge on any atom is -0.393 e. The predicted molar refractivity (Wildman–Crippen MR) is 127 cm³/mol. The summed E-state index contributed by atoms with van der Waals surface area (Å²) in [6, 6.07) is 0. The molecule has 4 nitrogen and oxygen atoms in total. The lowest BCUT2D eigenvalue weighted by Gasteiger charge is -2.41. The topological polar surface area (TPSA) is 80.9 Å². The smallest absolute Gasteiger partial charge is 0.0805 e. The first-order chi connectivity index (χ1) is 13.2. The van der Waals surface area contributed by atoms with Crippen LogP contribution >= 0.6 is 0 Å². The van der Waals surface area contributed by atoms with E-state index in [9.17, 15) is 20.4 Å². The fourth-order valence-electron chi connectivity index (χ4n) is 4.28. The Hall–Kier alpha value is -0.160. The molecule has 0 amide bonds. The molecule has 0 fully saturated rings. The van der Waals surface area contributed by atoms with Gasteiger partial charge in [-0.25, -0.2) is 0 Å². The van der Waals surface area contributed by atoms with Crippen molar-refractivity contribution in [2.45, 2.75) is 139 Å². The highest BCUT2D eigenvalue weighted by molar-refractivity contribution is 4.90. The molecule has 4 heteroatoms. The van der Waals surface area contributed by atoms with Gasteiger partial charge in [-0.3, -0.25) is 0 Å². The summed E-state index contributed by atoms with van der Waals surface area (Å²) in [7, 11) is 0. The number of aliphatic hydroxyl groups is 4. The van der Waals surface area contributed by atoms with Crippen molar-refractivity contribution in [3.05, 3.63) is 0 Å². The van der Waals surface area contributed by atoms with Crippen molar-refractivity contribution in [3.8, 4) is 0 Å². The van der Waals surface area contributed by atoms with Gasteiger partial charge >= 0.3 is 0 Å². The molecule has 0 aromatic rings. The van der Waals surface area contributed by atoms with Crippen LogP contribution < -0.4 is 0 Å². The summed E-state index contributed by atoms with van der Waals surface area (Å²) in [5.74, 6) is 0.508. The summed E-state index contributed by atoms with van der Waals surface area (Å²) in [6.45, 7) is 22.9. The van der Waals surface area contributed by atoms with Crippen LogP contribution in [0.3, 0.4) is 0 Å². The SMILES string of the molecule is CCCC(C)C(C)(C)CC(O)C(C)(C)CC(O)C(O)CC(C)(C)C(O)CC(C)(C)C. The molecule has 0 spiro atoms. The molecule has 0 radical (unpaired) electrons. The van der Waals surface area contributed by atoms with Crippen LogP contribution in [-0.4, -0.2) is 44.8 Å². The highest BCUT2D eigenvalue weighted by Gasteiger charge is 2.40. The summed E-state index contributed by atoms with van der Waals surface area (Å²) >= 11 is 0. The van der Waals surface area contributed by atoms with E-state index in [2.05, 4.69) is 48.5 Å². The van der Waals surface area contributed by atoms with Gasteiger partial charge in [-0.2, -0.15) is 0 Å². The third-order valence-corrected chi connectivity index (χ3v) is 7.30. The second-order valence-electron chi connectivity index (χ2n) is 13.2. The molecule has 5 unspecified atom stereocenters. The molecule has 0 aliphatic rings. The van der Waals surface area contributed by atoms with Crippen LogP contribution in [0, 0.1) is 27.6 Å². The van der Waals surface area contributed by atoms with Crippen molar-refractivity contribution in [1.82, 2.24) is 0 Å². The quantitative estimate of drug-likeness (QED) is 0.309. The van der Waals surface area contributed by atoms with E-state index in [1.165, 1.54) is 0 Å². The van der Waals surface area contributed by atoms with Gasteiger partial charge in [0.25, 0.3) is 0 Å². The molecule has 0 aromatic carbocycles. The molecular formula is C26H54O4. The lowest BCUT2D eigenvalue weighted by Crippen LogP contribution is -2.43. The maximum atomic E-state index is 11.0. The van der Waals surface area contributed by atoms with Crippen molar-refractivity contribution >= 4 is 0 Å². The van der Waals surface area contributed by atoms with Crippen molar-refractivity contribution in [2.24, 2.45) is 27.6 Å². The highest BCUT2D eigenvalue weighted by Crippen LogP contribution is 2.41. The van der Waals surface area contributed by atoms with Crippen LogP contribution in [0.15, 0.2) is 0 Å². The van der Waals surface area contributed by atoms with Crippen LogP contribution in [0.2, 0.25) is 0 Å². The normalized spacial score (nSPS) is 19.3. The van der Waals surface area contributed by atoms with Crippen LogP contribution in [0.1, 0.15) is 115 Å². The summed E-state index contributed by atoms with van der Waals surface area (Å²) < 4.78 is 0. The Morgan fingerprint density at radius 1 is 0.567 bits per heavy atom. The van der Waals surface area contributed by atoms with Crippen molar-refractivity contribution in [2.75, 3.05) is 0 Å². The molecule has 0 heterocycles. The van der Waals surface area contributed by atoms with Crippen molar-refractivity contribution in [3.63, 3.8) is 0 Å². The molecule has 0 rings (SSSR count). The first-order valence-corrected chi connectivity index (χ1v) is 12.0. The highest BCUT2D eigenvalue weighted by atomic mass is 16.3. The van der Waals surface area contributed by atoms with E-state index in [-0.39, 0.29) is 10.8 Å². The Labute approximate surface area is 187 Å². The summed E-state index contributed by atoms with van der Waals surface area (Å²) in [6.07, 6.45) is 1.21. The van der Waals surface area contributed by atoms with Gasteiger partial charge < -0.3 is 20.4 Å². The Morgan fingerprint density at radius 2 is 0.933 bits per heavy atom. The zero-order valence-electron chi connectivity index (χ0n) is 21.9. The fraction of sp³-hybridized carbons (Fsp3) is 1.00. The van der Waals surface area contributed by atoms with E-state index in [0.717, 1.165) is 12.8 Å². The lowest BCUT2D eigenvalue weighted by atomic mass is 9.68. The van der Waals surface area contributed by atoms with Gasteiger partial charge in [0.05, 0.1) is 24.4 Å². The minimum absolute atomic E-state index is 0.00588. The number of hydrogen-bond donors (Lipinski definition) is 4. The Bertz CT molecular complexity index is 490. The van der Waals surface area contributed by atoms with Crippen molar-refractivity contribution in [1.29, 1.82) is 0 Å². The van der Waals surface area contributed by atoms with E-state index in [1.807, 2.05) is 27.7 Å². The number of hydrogen-bond acceptors (Lipinski definition) is 4. The van der Waals surface area contributed by atoms with Gasteiger partial charge in [-0.1, -0.05) is 89.0 Å². The maximum Gasteiger partial charge on any atom is 0.0805 e. The molecular weight excluding hydrogens is 376 g/mol. The molecule has 182 valence electrons. The molecule has 0 bridgehead atoms. The Balaban J connectivity index is 5.01. The second kappa shape index (κ2) is 11.1. The predicted octanol–water partition coefficient (Wildman–Crippen LogP) is 5.55. The monoisotopic (exact) mass is 430 g/mol. The average Bonchev–Trinajstić information content (AvgIpc) is 2.52. The first-order valence-electron chi connectivity index (χ1n) is 12.0. The first kappa shape index (κ1) is 29.8. The van der Waals surface area contributed by atoms with Gasteiger partial charge in [0.15, 0.2) is 0 Å². The lowest BCUT2D eigenvalue weighted by molar-refractivity contribution is -0.0789. The summed E-state index contributed by atoms with van der Waals surface area (Å²) in [5, 5.41) is 43.1. The van der Waals surface area contributed by atoms with E-state index < -0.39 is 35.2 Å². The van der Waals surface area contributed by atoms with E-state index in [1.54, 1.807) is 0 Å². The Kier molecular flexibility index (Phi) is 11.1. The third kappa shape index (κ3) is 9.97. The molecule has 30 heavy (non-hydrogen) atoms. The van der Waals surface area contributed by atoms with Gasteiger partial charge in [0.2, 0.25) is 0 Å². The average molecular weight is 431 g/mol. The minimum atomic E-state index is -0.938. The standard InChI is InChI=1S/C26H54O4/c1-12-13-18(2)24(6,7)17-22(30)26(10,11)15-20(28)19(27)14-25(8,9)21(29)16-23(3,4)5/h18-22,27-30H,12-17H2,1-11H3. The zero-order valence-corrected chi connectivity index (χ0v) is 21.9. The summed E-state index contributed by atoms with van der Waals surface area (Å²) in [4.78, 5) is 0. The van der Waals surface area contributed by atoms with Gasteiger partial charge in [-0.15, -0.1) is 0 Å². The van der Waals surface area contributed by atoms with Gasteiger partial charge in [0, 0.05) is 0 Å². The second-order valence-corrected chi connectivity index (χ2v) is 13.2. The van der Waals surface area contributed by atoms with E-state index in [0.29, 0.717) is 31.6 Å². The van der Waals surface area contributed by atoms with Crippen LogP contribution in [-0.2, 0) is 0 Å². The van der Waals surface area contributed by atoms with Gasteiger partial charge in [0.1, 0.15) is 0 Å². The molecule has 5 atom stereocenters. The van der Waals surface area contributed by atoms with Crippen LogP contribution in [0.5, 0.6) is 0 Å². The molecule has 4 N–H and O–H groups in total. The molecule has 0 aromatic heterocycles. The van der Waals surface area contributed by atoms with Crippen LogP contribution in [0.4, 0.5) is 0 Å². The third-order valence-electron chi connectivity index (χ3n) is 7.30. The molecule has 0 aliphatic carbocycles. The van der Waals surface area contributed by atoms with Crippen molar-refractivity contribution < 1.29 is 20.4 Å². The number of aliphatic hydroxyl groups excluding tert-OH is 4. The van der Waals surface area contributed by atoms with Crippen LogP contribution in [0.25, 0.3) is 0 Å². The summed E-state index contributed by atoms with van der Waals surface area (Å²) in [5.41, 5.74) is -1.02. The van der Waals surface area contributed by atoms with E-state index in [4.69, 9.17) is 0 Å². The Morgan fingerprint density at radius 3 is 1.27 bits per heavy atom. The maximum absolute atomic E-state index is 11.0. The zero-order chi connectivity index (χ0) is 24.1. The molecule has 0 saturated carbocycles. The molecule has 0 aliphatic heterocycles. The number of rotatable bonds is 13. The van der Waals surface area contributed by atoms with Gasteiger partial charge in [-0.05, 0) is 53.3 Å². The largest absolute Gasteiger partial charge is 0.393 e. The van der Waals surface area contributed by atoms with E-state index >= 15 is 0 Å².